The summed E-state index contributed by atoms with van der Waals surface area (Å²) in [5.74, 6) is 1.13. The van der Waals surface area contributed by atoms with Gasteiger partial charge in [-0.15, -0.1) is 0 Å². The number of ether oxygens (including phenoxy) is 2. The van der Waals surface area contributed by atoms with E-state index in [0.717, 1.165) is 121 Å². The number of piperazine rings is 1. The summed E-state index contributed by atoms with van der Waals surface area (Å²) in [6.45, 7) is 12.4. The van der Waals surface area contributed by atoms with E-state index < -0.39 is 5.91 Å². The first kappa shape index (κ1) is 32.7. The molecule has 3 saturated heterocycles. The Morgan fingerprint density at radius 3 is 2.24 bits per heavy atom. The van der Waals surface area contributed by atoms with Crippen molar-refractivity contribution in [3.8, 4) is 5.75 Å². The molecule has 4 fully saturated rings. The van der Waals surface area contributed by atoms with Gasteiger partial charge in [-0.3, -0.25) is 14.6 Å². The van der Waals surface area contributed by atoms with E-state index in [4.69, 9.17) is 25.2 Å². The van der Waals surface area contributed by atoms with Gasteiger partial charge in [-0.25, -0.2) is 9.97 Å². The predicted octanol–water partition coefficient (Wildman–Crippen LogP) is 3.16. The second-order valence-electron chi connectivity index (χ2n) is 13.3. The smallest absolute Gasteiger partial charge is 0.271 e. The Balaban J connectivity index is 1.13. The molecule has 6 rings (SSSR count). The Kier molecular flexibility index (Phi) is 10.8. The summed E-state index contributed by atoms with van der Waals surface area (Å²) < 4.78 is 11.4. The number of hydrogen-bond acceptors (Lipinski definition) is 11. The van der Waals surface area contributed by atoms with Crippen molar-refractivity contribution in [3.05, 3.63) is 29.6 Å². The summed E-state index contributed by atoms with van der Waals surface area (Å²) in [6, 6.07) is 7.77. The minimum absolute atomic E-state index is 0.135. The zero-order chi connectivity index (χ0) is 32.0. The molecule has 0 atom stereocenters. The van der Waals surface area contributed by atoms with E-state index in [0.29, 0.717) is 41.9 Å². The molecule has 0 bridgehead atoms. The van der Waals surface area contributed by atoms with Crippen LogP contribution in [-0.4, -0.2) is 128 Å². The lowest BCUT2D eigenvalue weighted by Crippen LogP contribution is -2.52. The summed E-state index contributed by atoms with van der Waals surface area (Å²) >= 11 is 0. The molecule has 1 aromatic carbocycles. The van der Waals surface area contributed by atoms with Crippen molar-refractivity contribution < 1.29 is 14.3 Å². The molecule has 4 N–H and O–H groups in total. The number of nitrogens with zero attached hydrogens (tertiary/aromatic N) is 6. The molecular weight excluding hydrogens is 582 g/mol. The Hall–Kier alpha value is -3.19. The highest BCUT2D eigenvalue weighted by molar-refractivity contribution is 5.97. The number of benzene rings is 1. The van der Waals surface area contributed by atoms with Gasteiger partial charge in [-0.1, -0.05) is 6.92 Å². The number of primary amides is 1. The summed E-state index contributed by atoms with van der Waals surface area (Å²) in [5, 5.41) is 7.02. The minimum Gasteiger partial charge on any atom is -0.494 e. The number of amides is 1. The van der Waals surface area contributed by atoms with Crippen molar-refractivity contribution in [3.63, 3.8) is 0 Å². The highest BCUT2D eigenvalue weighted by Crippen LogP contribution is 2.35. The summed E-state index contributed by atoms with van der Waals surface area (Å²) in [6.07, 6.45) is 7.39. The number of anilines is 4. The van der Waals surface area contributed by atoms with Crippen LogP contribution in [0.25, 0.3) is 0 Å². The molecule has 3 aliphatic heterocycles. The number of piperidine rings is 1. The lowest BCUT2D eigenvalue weighted by Gasteiger charge is -2.42. The number of likely N-dealkylation sites (N-methyl/N-ethyl adjacent to an activating group) is 1. The van der Waals surface area contributed by atoms with Crippen molar-refractivity contribution in [2.75, 3.05) is 95.3 Å². The van der Waals surface area contributed by atoms with E-state index >= 15 is 0 Å². The molecule has 1 aliphatic carbocycles. The third-order valence-corrected chi connectivity index (χ3v) is 10.5. The third-order valence-electron chi connectivity index (χ3n) is 10.5. The van der Waals surface area contributed by atoms with Crippen LogP contribution >= 0.6 is 0 Å². The van der Waals surface area contributed by atoms with Gasteiger partial charge < -0.3 is 35.6 Å². The second kappa shape index (κ2) is 15.1. The van der Waals surface area contributed by atoms with E-state index in [1.165, 1.54) is 0 Å². The Bertz CT molecular complexity index is 1310. The zero-order valence-electron chi connectivity index (χ0n) is 28.0. The van der Waals surface area contributed by atoms with Gasteiger partial charge in [0.2, 0.25) is 0 Å². The maximum atomic E-state index is 12.5. The Labute approximate surface area is 274 Å². The van der Waals surface area contributed by atoms with E-state index in [9.17, 15) is 4.79 Å². The van der Waals surface area contributed by atoms with Crippen molar-refractivity contribution >= 4 is 28.9 Å². The quantitative estimate of drug-likeness (QED) is 0.357. The lowest BCUT2D eigenvalue weighted by molar-refractivity contribution is 0.00790. The lowest BCUT2D eigenvalue weighted by atomic mass is 9.90. The standard InChI is InChI=1S/C34H53N9O3/c1-4-28-33(36-24-5-7-25(8-6-24)43-19-21-46-22-20-43)39-34(31(37-28)32(35)44)38-29-10-9-27(23-30(29)45-3)41-13-11-26(12-14-41)42-17-15-40(2)16-18-42/h9-10,23-26H,4-8,11-22H2,1-3H3,(H2,35,44)(H2,36,38,39). The largest absolute Gasteiger partial charge is 0.494 e. The third kappa shape index (κ3) is 7.67. The number of aryl methyl sites for hydroxylation is 1. The molecule has 0 spiro atoms. The molecule has 12 nitrogen and oxygen atoms in total. The first-order chi connectivity index (χ1) is 22.4. The van der Waals surface area contributed by atoms with Crippen LogP contribution < -0.4 is 26.0 Å². The monoisotopic (exact) mass is 635 g/mol. The Morgan fingerprint density at radius 2 is 1.59 bits per heavy atom. The van der Waals surface area contributed by atoms with Crippen molar-refractivity contribution in [2.45, 2.75) is 70.0 Å². The van der Waals surface area contributed by atoms with Crippen molar-refractivity contribution in [1.29, 1.82) is 0 Å². The molecule has 1 aromatic heterocycles. The van der Waals surface area contributed by atoms with E-state index in [2.05, 4.69) is 49.4 Å². The molecule has 4 heterocycles. The Morgan fingerprint density at radius 1 is 0.913 bits per heavy atom. The van der Waals surface area contributed by atoms with Crippen LogP contribution in [0.15, 0.2) is 18.2 Å². The van der Waals surface area contributed by atoms with Gasteiger partial charge in [0.15, 0.2) is 11.5 Å². The number of carbonyl (C=O) groups is 1. The number of carbonyl (C=O) groups excluding carboxylic acids is 1. The highest BCUT2D eigenvalue weighted by atomic mass is 16.5. The van der Waals surface area contributed by atoms with Gasteiger partial charge in [-0.2, -0.15) is 0 Å². The molecule has 0 unspecified atom stereocenters. The van der Waals surface area contributed by atoms with Crippen LogP contribution in [0.2, 0.25) is 0 Å². The second-order valence-corrected chi connectivity index (χ2v) is 13.3. The summed E-state index contributed by atoms with van der Waals surface area (Å²) in [5.41, 5.74) is 8.55. The zero-order valence-corrected chi connectivity index (χ0v) is 28.0. The van der Waals surface area contributed by atoms with Crippen LogP contribution in [-0.2, 0) is 11.2 Å². The number of morpholine rings is 1. The van der Waals surface area contributed by atoms with Crippen LogP contribution in [0.1, 0.15) is 61.6 Å². The molecular formula is C34H53N9O3. The average Bonchev–Trinajstić information content (AvgIpc) is 3.09. The number of aromatic nitrogens is 2. The SMILES string of the molecule is CCc1nc(C(N)=O)c(Nc2ccc(N3CCC(N4CCN(C)CC4)CC3)cc2OC)nc1NC1CCC(N2CCOCC2)CC1. The fourth-order valence-electron chi connectivity index (χ4n) is 7.60. The number of rotatable bonds is 10. The number of methoxy groups -OCH3 is 1. The summed E-state index contributed by atoms with van der Waals surface area (Å²) in [7, 11) is 3.88. The molecule has 1 amide bonds. The van der Waals surface area contributed by atoms with E-state index in [1.54, 1.807) is 7.11 Å². The fraction of sp³-hybridized carbons (Fsp3) is 0.676. The predicted molar refractivity (Wildman–Crippen MR) is 183 cm³/mol. The van der Waals surface area contributed by atoms with Crippen LogP contribution in [0.4, 0.5) is 23.0 Å². The molecule has 4 aliphatic rings. The topological polar surface area (TPSA) is 124 Å². The van der Waals surface area contributed by atoms with Gasteiger partial charge in [0.25, 0.3) is 5.91 Å². The summed E-state index contributed by atoms with van der Waals surface area (Å²) in [4.78, 5) is 32.3. The maximum Gasteiger partial charge on any atom is 0.271 e. The number of nitrogens with two attached hydrogens (primary N) is 1. The highest BCUT2D eigenvalue weighted by Gasteiger charge is 2.29. The van der Waals surface area contributed by atoms with Gasteiger partial charge in [0.1, 0.15) is 11.6 Å². The normalized spacial score (nSPS) is 24.1. The molecule has 1 saturated carbocycles. The molecule has 2 aromatic rings. The van der Waals surface area contributed by atoms with Gasteiger partial charge in [0.05, 0.1) is 31.7 Å². The van der Waals surface area contributed by atoms with Crippen molar-refractivity contribution in [1.82, 2.24) is 24.7 Å². The van der Waals surface area contributed by atoms with E-state index in [-0.39, 0.29) is 5.69 Å². The van der Waals surface area contributed by atoms with Crippen LogP contribution in [0.3, 0.4) is 0 Å². The number of nitrogens with one attached hydrogen (secondary N) is 2. The van der Waals surface area contributed by atoms with Crippen LogP contribution in [0.5, 0.6) is 5.75 Å². The van der Waals surface area contributed by atoms with Gasteiger partial charge >= 0.3 is 0 Å². The fourth-order valence-corrected chi connectivity index (χ4v) is 7.60. The van der Waals surface area contributed by atoms with Gasteiger partial charge in [-0.05, 0) is 64.1 Å². The van der Waals surface area contributed by atoms with Crippen LogP contribution in [0, 0.1) is 0 Å². The molecule has 0 radical (unpaired) electrons. The van der Waals surface area contributed by atoms with Gasteiger partial charge in [0, 0.05) is 82.2 Å². The molecule has 12 heteroatoms. The van der Waals surface area contributed by atoms with E-state index in [1.807, 2.05) is 13.0 Å². The minimum atomic E-state index is -0.610. The number of hydrogen-bond donors (Lipinski definition) is 3. The molecule has 46 heavy (non-hydrogen) atoms. The first-order valence-electron chi connectivity index (χ1n) is 17.3. The molecule has 252 valence electrons. The first-order valence-corrected chi connectivity index (χ1v) is 17.3. The van der Waals surface area contributed by atoms with Crippen molar-refractivity contribution in [2.24, 2.45) is 5.73 Å². The maximum absolute atomic E-state index is 12.5. The average molecular weight is 636 g/mol.